The molecule has 0 saturated carbocycles. The molecule has 0 bridgehead atoms. The zero-order valence-corrected chi connectivity index (χ0v) is 18.0. The van der Waals surface area contributed by atoms with Crippen LogP contribution in [0, 0.1) is 0 Å². The molecule has 1 unspecified atom stereocenters. The topological polar surface area (TPSA) is 77.7 Å². The Kier molecular flexibility index (Phi) is 6.01. The van der Waals surface area contributed by atoms with Gasteiger partial charge in [-0.1, -0.05) is 65.8 Å². The van der Waals surface area contributed by atoms with Crippen molar-refractivity contribution in [3.63, 3.8) is 0 Å². The summed E-state index contributed by atoms with van der Waals surface area (Å²) >= 11 is 0. The predicted molar refractivity (Wildman–Crippen MR) is 123 cm³/mol. The Hall–Kier alpha value is -4.13. The fourth-order valence-corrected chi connectivity index (χ4v) is 3.77. The molecule has 1 fully saturated rings. The van der Waals surface area contributed by atoms with Crippen molar-refractivity contribution in [1.29, 1.82) is 0 Å². The second-order valence-corrected chi connectivity index (χ2v) is 7.76. The van der Waals surface area contributed by atoms with Crippen molar-refractivity contribution in [2.24, 2.45) is 0 Å². The Balaban J connectivity index is 1.23. The largest absolute Gasteiger partial charge is 0.488 e. The van der Waals surface area contributed by atoms with Crippen LogP contribution in [0.25, 0.3) is 22.8 Å². The summed E-state index contributed by atoms with van der Waals surface area (Å²) in [6.07, 6.45) is 0.619. The third kappa shape index (κ3) is 4.87. The number of hydrogen-bond donors (Lipinski definition) is 0. The first-order chi connectivity index (χ1) is 16.3. The normalized spacial score (nSPS) is 15.4. The molecule has 0 N–H and O–H groups in total. The molecule has 0 radical (unpaired) electrons. The second-order valence-electron chi connectivity index (χ2n) is 7.76. The van der Waals surface area contributed by atoms with Crippen LogP contribution in [-0.2, 0) is 4.79 Å². The van der Waals surface area contributed by atoms with Crippen LogP contribution in [0.3, 0.4) is 0 Å². The summed E-state index contributed by atoms with van der Waals surface area (Å²) in [7, 11) is 0. The molecule has 1 saturated heterocycles. The number of ether oxygens (including phenoxy) is 2. The average molecular weight is 441 g/mol. The number of carbonyl (C=O) groups is 1. The first-order valence-electron chi connectivity index (χ1n) is 10.9. The van der Waals surface area contributed by atoms with E-state index in [1.807, 2.05) is 84.9 Å². The van der Waals surface area contributed by atoms with Crippen molar-refractivity contribution in [2.45, 2.75) is 12.5 Å². The Labute approximate surface area is 191 Å². The highest BCUT2D eigenvalue weighted by Crippen LogP contribution is 2.32. The van der Waals surface area contributed by atoms with Gasteiger partial charge in [-0.3, -0.25) is 4.79 Å². The van der Waals surface area contributed by atoms with Crippen LogP contribution in [0.4, 0.5) is 0 Å². The summed E-state index contributed by atoms with van der Waals surface area (Å²) in [5.41, 5.74) is 1.61. The molecular formula is C26H23N3O4. The van der Waals surface area contributed by atoms with E-state index < -0.39 is 0 Å². The molecule has 1 atom stereocenters. The summed E-state index contributed by atoms with van der Waals surface area (Å²) in [5.74, 6) is 2.20. The van der Waals surface area contributed by atoms with Gasteiger partial charge in [0, 0.05) is 18.5 Å². The third-order valence-corrected chi connectivity index (χ3v) is 5.47. The molecule has 0 spiro atoms. The standard InChI is InChI=1S/C26H23N3O4/c30-24(18-31-20-11-5-2-6-12-20)29-16-15-21(17-29)32-23-14-8-7-13-22(23)26-27-25(28-33-26)19-9-3-1-4-10-19/h1-14,21H,15-18H2. The van der Waals surface area contributed by atoms with Gasteiger partial charge in [-0.15, -0.1) is 0 Å². The van der Waals surface area contributed by atoms with Gasteiger partial charge >= 0.3 is 0 Å². The van der Waals surface area contributed by atoms with Crippen LogP contribution in [0.5, 0.6) is 11.5 Å². The van der Waals surface area contributed by atoms with Gasteiger partial charge in [-0.25, -0.2) is 0 Å². The van der Waals surface area contributed by atoms with Crippen LogP contribution >= 0.6 is 0 Å². The quantitative estimate of drug-likeness (QED) is 0.421. The zero-order valence-electron chi connectivity index (χ0n) is 18.0. The van der Waals surface area contributed by atoms with Gasteiger partial charge in [-0.2, -0.15) is 4.98 Å². The molecule has 1 aliphatic heterocycles. The zero-order chi connectivity index (χ0) is 22.5. The summed E-state index contributed by atoms with van der Waals surface area (Å²) in [4.78, 5) is 18.9. The van der Waals surface area contributed by atoms with Gasteiger partial charge < -0.3 is 18.9 Å². The Morgan fingerprint density at radius 1 is 0.970 bits per heavy atom. The van der Waals surface area contributed by atoms with E-state index in [1.165, 1.54) is 0 Å². The Morgan fingerprint density at radius 2 is 1.70 bits per heavy atom. The lowest BCUT2D eigenvalue weighted by Crippen LogP contribution is -2.34. The first-order valence-corrected chi connectivity index (χ1v) is 10.9. The summed E-state index contributed by atoms with van der Waals surface area (Å²) in [5, 5.41) is 4.11. The predicted octanol–water partition coefficient (Wildman–Crippen LogP) is 4.46. The van der Waals surface area contributed by atoms with Crippen LogP contribution in [-0.4, -0.2) is 46.7 Å². The van der Waals surface area contributed by atoms with E-state index in [-0.39, 0.29) is 18.6 Å². The molecule has 0 aliphatic carbocycles. The highest BCUT2D eigenvalue weighted by Gasteiger charge is 2.29. The lowest BCUT2D eigenvalue weighted by molar-refractivity contribution is -0.132. The van der Waals surface area contributed by atoms with Gasteiger partial charge in [0.15, 0.2) is 6.61 Å². The molecule has 1 amide bonds. The molecule has 7 heteroatoms. The van der Waals surface area contributed by atoms with E-state index in [1.54, 1.807) is 4.90 Å². The number of likely N-dealkylation sites (tertiary alicyclic amines) is 1. The van der Waals surface area contributed by atoms with Crippen molar-refractivity contribution in [3.05, 3.63) is 84.9 Å². The van der Waals surface area contributed by atoms with Crippen molar-refractivity contribution in [3.8, 4) is 34.3 Å². The van der Waals surface area contributed by atoms with Gasteiger partial charge in [0.1, 0.15) is 17.6 Å². The second kappa shape index (κ2) is 9.56. The maximum absolute atomic E-state index is 12.6. The monoisotopic (exact) mass is 441 g/mol. The van der Waals surface area contributed by atoms with Gasteiger partial charge in [0.2, 0.25) is 5.82 Å². The van der Waals surface area contributed by atoms with Crippen LogP contribution in [0.1, 0.15) is 6.42 Å². The molecule has 2 heterocycles. The van der Waals surface area contributed by atoms with Crippen molar-refractivity contribution in [2.75, 3.05) is 19.7 Å². The van der Waals surface area contributed by atoms with Crippen molar-refractivity contribution >= 4 is 5.91 Å². The van der Waals surface area contributed by atoms with E-state index in [0.717, 1.165) is 17.5 Å². The van der Waals surface area contributed by atoms with E-state index in [9.17, 15) is 4.79 Å². The highest BCUT2D eigenvalue weighted by atomic mass is 16.5. The van der Waals surface area contributed by atoms with Gasteiger partial charge in [0.05, 0.1) is 12.1 Å². The fraction of sp³-hybridized carbons (Fsp3) is 0.192. The molecule has 7 nitrogen and oxygen atoms in total. The smallest absolute Gasteiger partial charge is 0.262 e. The van der Waals surface area contributed by atoms with Gasteiger partial charge in [-0.05, 0) is 24.3 Å². The summed E-state index contributed by atoms with van der Waals surface area (Å²) in [6, 6.07) is 26.6. The Morgan fingerprint density at radius 3 is 2.52 bits per heavy atom. The number of para-hydroxylation sites is 2. The highest BCUT2D eigenvalue weighted by molar-refractivity contribution is 5.78. The number of benzene rings is 3. The van der Waals surface area contributed by atoms with Crippen LogP contribution in [0.2, 0.25) is 0 Å². The first kappa shape index (κ1) is 20.8. The Bertz CT molecular complexity index is 1210. The maximum Gasteiger partial charge on any atom is 0.262 e. The summed E-state index contributed by atoms with van der Waals surface area (Å²) in [6.45, 7) is 1.14. The molecular weight excluding hydrogens is 418 g/mol. The van der Waals surface area contributed by atoms with Crippen LogP contribution in [0.15, 0.2) is 89.5 Å². The summed E-state index contributed by atoms with van der Waals surface area (Å²) < 4.78 is 17.4. The molecule has 5 rings (SSSR count). The van der Waals surface area contributed by atoms with Crippen molar-refractivity contribution < 1.29 is 18.8 Å². The maximum atomic E-state index is 12.6. The average Bonchev–Trinajstić information content (AvgIpc) is 3.55. The minimum absolute atomic E-state index is 0.0115. The minimum atomic E-state index is -0.122. The van der Waals surface area contributed by atoms with Crippen molar-refractivity contribution in [1.82, 2.24) is 15.0 Å². The lowest BCUT2D eigenvalue weighted by Gasteiger charge is -2.18. The lowest BCUT2D eigenvalue weighted by atomic mass is 10.2. The molecule has 1 aliphatic rings. The number of aromatic nitrogens is 2. The fourth-order valence-electron chi connectivity index (χ4n) is 3.77. The van der Waals surface area contributed by atoms with E-state index in [4.69, 9.17) is 14.0 Å². The van der Waals surface area contributed by atoms with E-state index in [2.05, 4.69) is 10.1 Å². The molecule has 33 heavy (non-hydrogen) atoms. The molecule has 4 aromatic rings. The molecule has 3 aromatic carbocycles. The number of hydrogen-bond acceptors (Lipinski definition) is 6. The van der Waals surface area contributed by atoms with Gasteiger partial charge in [0.25, 0.3) is 11.8 Å². The third-order valence-electron chi connectivity index (χ3n) is 5.47. The number of carbonyl (C=O) groups excluding carboxylic acids is 1. The van der Waals surface area contributed by atoms with Crippen LogP contribution < -0.4 is 9.47 Å². The van der Waals surface area contributed by atoms with E-state index >= 15 is 0 Å². The SMILES string of the molecule is O=C(COc1ccccc1)N1CCC(Oc2ccccc2-c2nc(-c3ccccc3)no2)C1. The minimum Gasteiger partial charge on any atom is -0.488 e. The molecule has 166 valence electrons. The number of nitrogens with zero attached hydrogens (tertiary/aromatic N) is 3. The van der Waals surface area contributed by atoms with E-state index in [0.29, 0.717) is 36.3 Å². The number of rotatable bonds is 7. The molecule has 1 aromatic heterocycles. The number of amides is 1.